The molecule has 1 N–H and O–H groups in total. The summed E-state index contributed by atoms with van der Waals surface area (Å²) in [6.07, 6.45) is 1.57. The van der Waals surface area contributed by atoms with Crippen molar-refractivity contribution in [2.75, 3.05) is 19.0 Å². The van der Waals surface area contributed by atoms with Crippen LogP contribution >= 0.6 is 22.9 Å². The van der Waals surface area contributed by atoms with E-state index in [1.54, 1.807) is 32.2 Å². The zero-order chi connectivity index (χ0) is 24.1. The van der Waals surface area contributed by atoms with Gasteiger partial charge in [-0.2, -0.15) is 5.10 Å². The van der Waals surface area contributed by atoms with Gasteiger partial charge in [0.2, 0.25) is 0 Å². The molecule has 11 heteroatoms. The van der Waals surface area contributed by atoms with Crippen LogP contribution in [0.25, 0.3) is 0 Å². The van der Waals surface area contributed by atoms with Crippen molar-refractivity contribution in [2.45, 2.75) is 27.5 Å². The number of rotatable bonds is 8. The molecule has 0 aliphatic heterocycles. The lowest BCUT2D eigenvalue weighted by Crippen LogP contribution is -2.16. The van der Waals surface area contributed by atoms with Gasteiger partial charge in [0, 0.05) is 6.20 Å². The monoisotopic (exact) mass is 491 g/mol. The molecule has 0 radical (unpaired) electrons. The molecule has 1 aromatic carbocycles. The number of benzene rings is 1. The summed E-state index contributed by atoms with van der Waals surface area (Å²) < 4.78 is 16.9. The van der Waals surface area contributed by atoms with Crippen LogP contribution in [0.4, 0.5) is 5.00 Å². The Kier molecular flexibility index (Phi) is 7.72. The van der Waals surface area contributed by atoms with Gasteiger partial charge in [0.15, 0.2) is 12.4 Å². The van der Waals surface area contributed by atoms with E-state index in [9.17, 15) is 14.4 Å². The van der Waals surface area contributed by atoms with Crippen LogP contribution in [0.2, 0.25) is 5.02 Å². The summed E-state index contributed by atoms with van der Waals surface area (Å²) in [4.78, 5) is 37.5. The number of methoxy groups -OCH3 is 1. The molecule has 0 saturated heterocycles. The quantitative estimate of drug-likeness (QED) is 0.463. The van der Waals surface area contributed by atoms with Crippen LogP contribution in [0, 0.1) is 13.8 Å². The van der Waals surface area contributed by atoms with Crippen molar-refractivity contribution >= 4 is 45.8 Å². The fraction of sp³-hybridized carbons (Fsp3) is 0.273. The summed E-state index contributed by atoms with van der Waals surface area (Å²) in [6.45, 7) is 5.40. The van der Waals surface area contributed by atoms with E-state index in [-0.39, 0.29) is 34.5 Å². The van der Waals surface area contributed by atoms with Crippen LogP contribution in [0.3, 0.4) is 0 Å². The Morgan fingerprint density at radius 1 is 1.18 bits per heavy atom. The van der Waals surface area contributed by atoms with E-state index >= 15 is 0 Å². The van der Waals surface area contributed by atoms with Crippen LogP contribution < -0.4 is 10.1 Å². The van der Waals surface area contributed by atoms with Gasteiger partial charge >= 0.3 is 11.9 Å². The van der Waals surface area contributed by atoms with Gasteiger partial charge in [-0.25, -0.2) is 14.3 Å². The summed E-state index contributed by atoms with van der Waals surface area (Å²) in [5.74, 6) is -1.32. The molecule has 1 amide bonds. The first kappa shape index (κ1) is 24.3. The second kappa shape index (κ2) is 10.5. The normalized spacial score (nSPS) is 10.6. The minimum atomic E-state index is -0.677. The van der Waals surface area contributed by atoms with Crippen LogP contribution in [-0.2, 0) is 16.2 Å². The number of amides is 1. The van der Waals surface area contributed by atoms with Gasteiger partial charge < -0.3 is 19.5 Å². The highest BCUT2D eigenvalue weighted by atomic mass is 35.5. The molecule has 2 heterocycles. The molecule has 0 unspecified atom stereocenters. The van der Waals surface area contributed by atoms with Crippen LogP contribution in [0.5, 0.6) is 5.75 Å². The SMILES string of the molecule is CCOC(=O)c1sc(NC(=O)c2ccn(COc3cc(C)ccc3Cl)n2)c(C(=O)OC)c1C. The Balaban J connectivity index is 1.77. The van der Waals surface area contributed by atoms with E-state index in [0.29, 0.717) is 16.3 Å². The number of esters is 2. The number of nitrogens with zero attached hydrogens (tertiary/aromatic N) is 2. The second-order valence-electron chi connectivity index (χ2n) is 6.87. The number of thiophene rings is 1. The fourth-order valence-electron chi connectivity index (χ4n) is 2.92. The van der Waals surface area contributed by atoms with E-state index in [1.807, 2.05) is 13.0 Å². The van der Waals surface area contributed by atoms with Crippen molar-refractivity contribution in [3.8, 4) is 5.75 Å². The number of carbonyl (C=O) groups excluding carboxylic acids is 3. The number of aryl methyl sites for hydroxylation is 1. The van der Waals surface area contributed by atoms with Crippen molar-refractivity contribution in [3.05, 3.63) is 62.7 Å². The van der Waals surface area contributed by atoms with Gasteiger partial charge in [0.1, 0.15) is 15.6 Å². The molecule has 0 aliphatic carbocycles. The second-order valence-corrected chi connectivity index (χ2v) is 8.30. The van der Waals surface area contributed by atoms with Gasteiger partial charge in [-0.15, -0.1) is 11.3 Å². The third-order valence-corrected chi connectivity index (χ3v) is 6.04. The number of anilines is 1. The van der Waals surface area contributed by atoms with E-state index < -0.39 is 17.8 Å². The lowest BCUT2D eigenvalue weighted by atomic mass is 10.1. The number of nitrogens with one attached hydrogen (secondary N) is 1. The average Bonchev–Trinajstić information content (AvgIpc) is 3.38. The topological polar surface area (TPSA) is 109 Å². The summed E-state index contributed by atoms with van der Waals surface area (Å²) in [5.41, 5.74) is 1.54. The number of hydrogen-bond donors (Lipinski definition) is 1. The molecule has 3 rings (SSSR count). The van der Waals surface area contributed by atoms with E-state index in [2.05, 4.69) is 10.4 Å². The number of carbonyl (C=O) groups is 3. The lowest BCUT2D eigenvalue weighted by molar-refractivity contribution is 0.0531. The Morgan fingerprint density at radius 2 is 1.94 bits per heavy atom. The van der Waals surface area contributed by atoms with E-state index in [0.717, 1.165) is 16.9 Å². The largest absolute Gasteiger partial charge is 0.470 e. The Labute approximate surface area is 199 Å². The maximum absolute atomic E-state index is 12.8. The summed E-state index contributed by atoms with van der Waals surface area (Å²) >= 11 is 7.07. The maximum Gasteiger partial charge on any atom is 0.348 e. The molecule has 0 spiro atoms. The number of aromatic nitrogens is 2. The highest BCUT2D eigenvalue weighted by Crippen LogP contribution is 2.34. The molecule has 33 heavy (non-hydrogen) atoms. The minimum Gasteiger partial charge on any atom is -0.470 e. The molecular formula is C22H22ClN3O6S. The molecule has 0 atom stereocenters. The van der Waals surface area contributed by atoms with Gasteiger partial charge in [-0.05, 0) is 50.1 Å². The van der Waals surface area contributed by atoms with Gasteiger partial charge in [-0.3, -0.25) is 4.79 Å². The van der Waals surface area contributed by atoms with Gasteiger partial charge in [-0.1, -0.05) is 17.7 Å². The van der Waals surface area contributed by atoms with Crippen LogP contribution in [0.1, 0.15) is 48.6 Å². The molecule has 9 nitrogen and oxygen atoms in total. The molecule has 0 aliphatic rings. The van der Waals surface area contributed by atoms with Crippen molar-refractivity contribution in [3.63, 3.8) is 0 Å². The Morgan fingerprint density at radius 3 is 2.64 bits per heavy atom. The standard InChI is InChI=1S/C22H22ClN3O6S/c1-5-31-22(29)18-13(3)17(21(28)30-4)20(33-18)24-19(27)15-8-9-26(25-15)11-32-16-10-12(2)6-7-14(16)23/h6-10H,5,11H2,1-4H3,(H,24,27). The van der Waals surface area contributed by atoms with Gasteiger partial charge in [0.05, 0.1) is 24.3 Å². The molecule has 0 fully saturated rings. The zero-order valence-corrected chi connectivity index (χ0v) is 20.0. The zero-order valence-electron chi connectivity index (χ0n) is 18.4. The number of hydrogen-bond acceptors (Lipinski definition) is 8. The third-order valence-electron chi connectivity index (χ3n) is 4.54. The van der Waals surface area contributed by atoms with E-state index in [1.165, 1.54) is 17.9 Å². The molecule has 2 aromatic heterocycles. The minimum absolute atomic E-state index is 0.0367. The summed E-state index contributed by atoms with van der Waals surface area (Å²) in [6, 6.07) is 6.91. The first-order chi connectivity index (χ1) is 15.7. The highest BCUT2D eigenvalue weighted by Gasteiger charge is 2.27. The van der Waals surface area contributed by atoms with E-state index in [4.69, 9.17) is 25.8 Å². The van der Waals surface area contributed by atoms with Crippen molar-refractivity contribution in [1.29, 1.82) is 0 Å². The maximum atomic E-state index is 12.8. The molecule has 174 valence electrons. The van der Waals surface area contributed by atoms with Gasteiger partial charge in [0.25, 0.3) is 5.91 Å². The summed E-state index contributed by atoms with van der Waals surface area (Å²) in [5, 5.41) is 7.47. The van der Waals surface area contributed by atoms with Crippen LogP contribution in [0.15, 0.2) is 30.5 Å². The van der Waals surface area contributed by atoms with Crippen molar-refractivity contribution in [2.24, 2.45) is 0 Å². The smallest absolute Gasteiger partial charge is 0.348 e. The lowest BCUT2D eigenvalue weighted by Gasteiger charge is -2.08. The fourth-order valence-corrected chi connectivity index (χ4v) is 4.18. The number of ether oxygens (including phenoxy) is 3. The molecule has 0 bridgehead atoms. The first-order valence-corrected chi connectivity index (χ1v) is 11.1. The van der Waals surface area contributed by atoms with Crippen molar-refractivity contribution in [1.82, 2.24) is 9.78 Å². The Bertz CT molecular complexity index is 1200. The predicted octanol–water partition coefficient (Wildman–Crippen LogP) is 4.47. The van der Waals surface area contributed by atoms with Crippen LogP contribution in [-0.4, -0.2) is 41.3 Å². The first-order valence-electron chi connectivity index (χ1n) is 9.87. The molecule has 0 saturated carbocycles. The molecular weight excluding hydrogens is 470 g/mol. The summed E-state index contributed by atoms with van der Waals surface area (Å²) in [7, 11) is 1.22. The average molecular weight is 492 g/mol. The van der Waals surface area contributed by atoms with Crippen molar-refractivity contribution < 1.29 is 28.6 Å². The number of halogens is 1. The molecule has 3 aromatic rings. The Hall–Kier alpha value is -3.37. The third kappa shape index (κ3) is 5.52. The predicted molar refractivity (Wildman–Crippen MR) is 123 cm³/mol. The highest BCUT2D eigenvalue weighted by molar-refractivity contribution is 7.18.